The van der Waals surface area contributed by atoms with E-state index in [4.69, 9.17) is 16.3 Å². The average Bonchev–Trinajstić information content (AvgIpc) is 2.94. The normalized spacial score (nSPS) is 24.1. The first-order valence-corrected chi connectivity index (χ1v) is 9.79. The third-order valence-corrected chi connectivity index (χ3v) is 5.85. The van der Waals surface area contributed by atoms with Gasteiger partial charge in [0.2, 0.25) is 5.91 Å². The maximum absolute atomic E-state index is 13.6. The van der Waals surface area contributed by atoms with E-state index in [9.17, 15) is 9.18 Å². The molecule has 2 aliphatic rings. The summed E-state index contributed by atoms with van der Waals surface area (Å²) in [6.45, 7) is 0. The fourth-order valence-corrected chi connectivity index (χ4v) is 4.43. The lowest BCUT2D eigenvalue weighted by Crippen LogP contribution is -2.49. The third kappa shape index (κ3) is 4.08. The van der Waals surface area contributed by atoms with Crippen molar-refractivity contribution < 1.29 is 13.9 Å². The number of rotatable bonds is 5. The number of aromatic nitrogens is 1. The Balaban J connectivity index is 1.34. The summed E-state index contributed by atoms with van der Waals surface area (Å²) >= 11 is 5.72. The quantitative estimate of drug-likeness (QED) is 0.762. The molecule has 4 nitrogen and oxygen atoms in total. The minimum atomic E-state index is -0.434. The Hall–Kier alpha value is -2.14. The molecule has 0 aliphatic carbocycles. The number of ether oxygens (including phenoxy) is 1. The van der Waals surface area contributed by atoms with Crippen LogP contribution in [0.3, 0.4) is 0 Å². The number of pyridine rings is 1. The second-order valence-corrected chi connectivity index (χ2v) is 7.74. The summed E-state index contributed by atoms with van der Waals surface area (Å²) in [7, 11) is 0. The molecule has 2 unspecified atom stereocenters. The Kier molecular flexibility index (Phi) is 5.30. The molecule has 2 aromatic rings. The Morgan fingerprint density at radius 2 is 1.89 bits per heavy atom. The van der Waals surface area contributed by atoms with Gasteiger partial charge in [-0.05, 0) is 49.1 Å². The summed E-state index contributed by atoms with van der Waals surface area (Å²) in [5.74, 6) is 0.551. The van der Waals surface area contributed by atoms with E-state index in [0.29, 0.717) is 12.8 Å². The van der Waals surface area contributed by atoms with Gasteiger partial charge in [-0.15, -0.1) is 0 Å². The van der Waals surface area contributed by atoms with Crippen molar-refractivity contribution in [1.29, 1.82) is 0 Å². The van der Waals surface area contributed by atoms with Gasteiger partial charge in [0.15, 0.2) is 0 Å². The molecule has 4 rings (SSSR count). The van der Waals surface area contributed by atoms with Crippen molar-refractivity contribution in [2.45, 2.75) is 56.7 Å². The van der Waals surface area contributed by atoms with E-state index in [0.717, 1.165) is 37.0 Å². The second-order valence-electron chi connectivity index (χ2n) is 7.33. The van der Waals surface area contributed by atoms with Crippen LogP contribution >= 0.6 is 11.6 Å². The zero-order valence-corrected chi connectivity index (χ0v) is 15.7. The lowest BCUT2D eigenvalue weighted by molar-refractivity contribution is -0.137. The number of nitrogens with zero attached hydrogens (tertiary/aromatic N) is 2. The van der Waals surface area contributed by atoms with Crippen molar-refractivity contribution in [3.05, 3.63) is 59.1 Å². The van der Waals surface area contributed by atoms with Crippen LogP contribution in [0.4, 0.5) is 4.39 Å². The largest absolute Gasteiger partial charge is 0.490 e. The van der Waals surface area contributed by atoms with Gasteiger partial charge < -0.3 is 9.64 Å². The van der Waals surface area contributed by atoms with Gasteiger partial charge in [-0.1, -0.05) is 17.7 Å². The molecular weight excluding hydrogens is 367 g/mol. The molecule has 2 bridgehead atoms. The van der Waals surface area contributed by atoms with Crippen molar-refractivity contribution in [2.24, 2.45) is 0 Å². The van der Waals surface area contributed by atoms with Crippen molar-refractivity contribution in [1.82, 2.24) is 9.88 Å². The van der Waals surface area contributed by atoms with Crippen LogP contribution in [-0.2, 0) is 11.2 Å². The van der Waals surface area contributed by atoms with Gasteiger partial charge in [-0.2, -0.15) is 0 Å². The predicted molar refractivity (Wildman–Crippen MR) is 101 cm³/mol. The van der Waals surface area contributed by atoms with Crippen molar-refractivity contribution in [3.8, 4) is 5.75 Å². The van der Waals surface area contributed by atoms with Gasteiger partial charge in [0.05, 0.1) is 5.02 Å². The average molecular weight is 389 g/mol. The number of carbonyl (C=O) groups excluding carboxylic acids is 1. The first-order valence-electron chi connectivity index (χ1n) is 9.42. The molecule has 2 atom stereocenters. The molecule has 0 radical (unpaired) electrons. The molecule has 1 aromatic carbocycles. The highest BCUT2D eigenvalue weighted by Gasteiger charge is 2.43. The summed E-state index contributed by atoms with van der Waals surface area (Å²) in [5.41, 5.74) is 0.800. The van der Waals surface area contributed by atoms with Crippen LogP contribution < -0.4 is 4.74 Å². The van der Waals surface area contributed by atoms with Crippen LogP contribution in [0.1, 0.15) is 37.7 Å². The minimum absolute atomic E-state index is 0.111. The van der Waals surface area contributed by atoms with Crippen LogP contribution in [0, 0.1) is 5.82 Å². The third-order valence-electron chi connectivity index (χ3n) is 5.54. The number of aryl methyl sites for hydroxylation is 1. The monoisotopic (exact) mass is 388 g/mol. The number of benzene rings is 1. The molecule has 27 heavy (non-hydrogen) atoms. The molecule has 3 heterocycles. The van der Waals surface area contributed by atoms with E-state index in [2.05, 4.69) is 9.88 Å². The predicted octanol–water partition coefficient (Wildman–Crippen LogP) is 4.41. The molecule has 0 saturated carbocycles. The zero-order valence-electron chi connectivity index (χ0n) is 15.0. The first kappa shape index (κ1) is 18.2. The summed E-state index contributed by atoms with van der Waals surface area (Å²) < 4.78 is 19.7. The van der Waals surface area contributed by atoms with E-state index >= 15 is 0 Å². The summed E-state index contributed by atoms with van der Waals surface area (Å²) in [4.78, 5) is 18.9. The van der Waals surface area contributed by atoms with Gasteiger partial charge in [0, 0.05) is 43.7 Å². The van der Waals surface area contributed by atoms with Crippen molar-refractivity contribution in [2.75, 3.05) is 0 Å². The molecule has 2 fully saturated rings. The van der Waals surface area contributed by atoms with E-state index in [1.807, 2.05) is 12.1 Å². The number of hydrogen-bond donors (Lipinski definition) is 0. The topological polar surface area (TPSA) is 42.4 Å². The number of amides is 1. The molecule has 1 amide bonds. The molecule has 2 aliphatic heterocycles. The Morgan fingerprint density at radius 1 is 1.19 bits per heavy atom. The molecule has 2 saturated heterocycles. The zero-order chi connectivity index (χ0) is 18.8. The Morgan fingerprint density at radius 3 is 2.56 bits per heavy atom. The molecule has 0 N–H and O–H groups in total. The van der Waals surface area contributed by atoms with Crippen LogP contribution in [0.25, 0.3) is 0 Å². The smallest absolute Gasteiger partial charge is 0.223 e. The highest BCUT2D eigenvalue weighted by atomic mass is 35.5. The van der Waals surface area contributed by atoms with E-state index in [1.54, 1.807) is 24.5 Å². The molecule has 1 aromatic heterocycles. The summed E-state index contributed by atoms with van der Waals surface area (Å²) in [6.07, 6.45) is 8.29. The fraction of sp³-hybridized carbons (Fsp3) is 0.429. The standard InChI is InChI=1S/C21H22ClFN2O2/c22-19-5-1-14(11-20(19)23)2-6-21(26)25-15-3-4-16(25)13-18(12-15)27-17-7-9-24-10-8-17/h1,5,7-11,15-16,18H,2-4,6,12-13H2. The summed E-state index contributed by atoms with van der Waals surface area (Å²) in [6, 6.07) is 8.95. The molecule has 6 heteroatoms. The van der Waals surface area contributed by atoms with Crippen LogP contribution in [0.2, 0.25) is 5.02 Å². The van der Waals surface area contributed by atoms with E-state index in [-0.39, 0.29) is 29.1 Å². The van der Waals surface area contributed by atoms with Gasteiger partial charge in [-0.25, -0.2) is 4.39 Å². The number of carbonyl (C=O) groups is 1. The molecular formula is C21H22ClFN2O2. The lowest BCUT2D eigenvalue weighted by Gasteiger charge is -2.39. The first-order chi connectivity index (χ1) is 13.1. The van der Waals surface area contributed by atoms with Crippen LogP contribution in [0.5, 0.6) is 5.75 Å². The van der Waals surface area contributed by atoms with Gasteiger partial charge in [-0.3, -0.25) is 9.78 Å². The Labute approximate surface area is 163 Å². The highest BCUT2D eigenvalue weighted by molar-refractivity contribution is 6.30. The number of halogens is 2. The number of fused-ring (bicyclic) bond motifs is 2. The summed E-state index contributed by atoms with van der Waals surface area (Å²) in [5, 5.41) is 0.111. The van der Waals surface area contributed by atoms with Gasteiger partial charge in [0.25, 0.3) is 0 Å². The van der Waals surface area contributed by atoms with Crippen LogP contribution in [-0.4, -0.2) is 34.0 Å². The van der Waals surface area contributed by atoms with E-state index in [1.165, 1.54) is 6.07 Å². The minimum Gasteiger partial charge on any atom is -0.490 e. The van der Waals surface area contributed by atoms with Crippen molar-refractivity contribution >= 4 is 17.5 Å². The maximum Gasteiger partial charge on any atom is 0.223 e. The fourth-order valence-electron chi connectivity index (χ4n) is 4.32. The SMILES string of the molecule is O=C(CCc1ccc(Cl)c(F)c1)N1C2CCC1CC(Oc1ccncc1)C2. The molecule has 142 valence electrons. The van der Waals surface area contributed by atoms with Crippen molar-refractivity contribution in [3.63, 3.8) is 0 Å². The van der Waals surface area contributed by atoms with E-state index < -0.39 is 5.82 Å². The van der Waals surface area contributed by atoms with Gasteiger partial charge >= 0.3 is 0 Å². The van der Waals surface area contributed by atoms with Crippen LogP contribution in [0.15, 0.2) is 42.7 Å². The second kappa shape index (κ2) is 7.85. The lowest BCUT2D eigenvalue weighted by atomic mass is 9.98. The number of hydrogen-bond acceptors (Lipinski definition) is 3. The number of piperidine rings is 1. The van der Waals surface area contributed by atoms with Gasteiger partial charge in [0.1, 0.15) is 17.7 Å². The maximum atomic E-state index is 13.6. The molecule has 0 spiro atoms. The Bertz CT molecular complexity index is 803. The highest BCUT2D eigenvalue weighted by Crippen LogP contribution is 2.37.